The zero-order valence-electron chi connectivity index (χ0n) is 14.5. The van der Waals surface area contributed by atoms with Crippen LogP contribution >= 0.6 is 0 Å². The number of nitrogens with zero attached hydrogens (tertiary/aromatic N) is 1. The van der Waals surface area contributed by atoms with Crippen molar-refractivity contribution in [3.05, 3.63) is 35.9 Å². The molecular weight excluding hydrogens is 316 g/mol. The van der Waals surface area contributed by atoms with Gasteiger partial charge in [-0.3, -0.25) is 9.59 Å². The summed E-state index contributed by atoms with van der Waals surface area (Å²) in [4.78, 5) is 26.5. The summed E-state index contributed by atoms with van der Waals surface area (Å²) in [5.74, 6) is 0.567. The Bertz CT molecular complexity index is 633. The Labute approximate surface area is 148 Å². The number of ether oxygens (including phenoxy) is 1. The van der Waals surface area contributed by atoms with Crippen LogP contribution in [0.25, 0.3) is 0 Å². The second kappa shape index (κ2) is 7.16. The topological polar surface area (TPSA) is 58.6 Å². The van der Waals surface area contributed by atoms with E-state index in [0.717, 1.165) is 38.8 Å². The first-order chi connectivity index (χ1) is 12.2. The Morgan fingerprint density at radius 2 is 2.08 bits per heavy atom. The van der Waals surface area contributed by atoms with Crippen molar-refractivity contribution in [1.29, 1.82) is 0 Å². The van der Waals surface area contributed by atoms with Crippen LogP contribution in [-0.4, -0.2) is 48.6 Å². The van der Waals surface area contributed by atoms with Crippen LogP contribution in [0.3, 0.4) is 0 Å². The van der Waals surface area contributed by atoms with Gasteiger partial charge in [-0.15, -0.1) is 0 Å². The summed E-state index contributed by atoms with van der Waals surface area (Å²) in [6.45, 7) is 2.10. The zero-order valence-corrected chi connectivity index (χ0v) is 14.5. The molecule has 3 aliphatic heterocycles. The number of carbonyl (C=O) groups excluding carboxylic acids is 2. The van der Waals surface area contributed by atoms with E-state index < -0.39 is 0 Å². The molecule has 4 rings (SSSR count). The summed E-state index contributed by atoms with van der Waals surface area (Å²) < 4.78 is 5.76. The van der Waals surface area contributed by atoms with Crippen LogP contribution in [0.15, 0.2) is 30.3 Å². The fraction of sp³-hybridized carbons (Fsp3) is 0.600. The minimum atomic E-state index is 0.0186. The van der Waals surface area contributed by atoms with Crippen molar-refractivity contribution in [3.63, 3.8) is 0 Å². The molecular formula is C20H26N2O3. The second-order valence-corrected chi connectivity index (χ2v) is 7.61. The minimum absolute atomic E-state index is 0.0186. The van der Waals surface area contributed by atoms with Crippen LogP contribution in [0.4, 0.5) is 0 Å². The second-order valence-electron chi connectivity index (χ2n) is 7.61. The van der Waals surface area contributed by atoms with Crippen molar-refractivity contribution in [2.75, 3.05) is 19.6 Å². The van der Waals surface area contributed by atoms with E-state index in [4.69, 9.17) is 4.74 Å². The molecule has 1 aromatic carbocycles. The summed E-state index contributed by atoms with van der Waals surface area (Å²) in [6, 6.07) is 10.2. The van der Waals surface area contributed by atoms with E-state index in [1.165, 1.54) is 5.56 Å². The minimum Gasteiger partial charge on any atom is -0.374 e. The Balaban J connectivity index is 1.21. The van der Waals surface area contributed by atoms with Crippen molar-refractivity contribution >= 4 is 11.8 Å². The Hall–Kier alpha value is -1.88. The molecule has 0 saturated carbocycles. The molecule has 3 aliphatic rings. The Morgan fingerprint density at radius 1 is 1.24 bits per heavy atom. The highest BCUT2D eigenvalue weighted by Crippen LogP contribution is 2.38. The summed E-state index contributed by atoms with van der Waals surface area (Å²) in [6.07, 6.45) is 4.82. The molecule has 0 aliphatic carbocycles. The maximum absolute atomic E-state index is 12.4. The lowest BCUT2D eigenvalue weighted by Crippen LogP contribution is -2.39. The van der Waals surface area contributed by atoms with Crippen LogP contribution in [-0.2, 0) is 20.7 Å². The van der Waals surface area contributed by atoms with Gasteiger partial charge in [0, 0.05) is 32.0 Å². The molecule has 3 heterocycles. The summed E-state index contributed by atoms with van der Waals surface area (Å²) in [5, 5.41) is 3.07. The number of rotatable bonds is 6. The van der Waals surface area contributed by atoms with E-state index >= 15 is 0 Å². The number of fused-ring (bicyclic) bond motifs is 2. The molecule has 3 saturated heterocycles. The molecule has 1 N–H and O–H groups in total. The predicted octanol–water partition coefficient (Wildman–Crippen LogP) is 1.76. The molecule has 5 nitrogen and oxygen atoms in total. The van der Waals surface area contributed by atoms with Crippen LogP contribution in [0.2, 0.25) is 0 Å². The van der Waals surface area contributed by atoms with E-state index in [0.29, 0.717) is 19.1 Å². The highest BCUT2D eigenvalue weighted by molar-refractivity contribution is 5.81. The number of carbonyl (C=O) groups is 2. The average Bonchev–Trinajstić information content (AvgIpc) is 3.34. The third-order valence-corrected chi connectivity index (χ3v) is 5.82. The molecule has 2 bridgehead atoms. The predicted molar refractivity (Wildman–Crippen MR) is 93.8 cm³/mol. The monoisotopic (exact) mass is 342 g/mol. The van der Waals surface area contributed by atoms with Crippen LogP contribution in [0, 0.1) is 11.8 Å². The number of benzene rings is 1. The number of likely N-dealkylation sites (tertiary alicyclic amines) is 1. The molecule has 134 valence electrons. The van der Waals surface area contributed by atoms with Gasteiger partial charge in [0.2, 0.25) is 11.8 Å². The van der Waals surface area contributed by atoms with Crippen LogP contribution in [0.1, 0.15) is 31.2 Å². The van der Waals surface area contributed by atoms with Crippen molar-refractivity contribution < 1.29 is 14.3 Å². The molecule has 4 unspecified atom stereocenters. The lowest BCUT2D eigenvalue weighted by molar-refractivity contribution is -0.128. The van der Waals surface area contributed by atoms with Gasteiger partial charge in [-0.25, -0.2) is 0 Å². The van der Waals surface area contributed by atoms with Gasteiger partial charge in [0.15, 0.2) is 0 Å². The summed E-state index contributed by atoms with van der Waals surface area (Å²) in [7, 11) is 0. The third kappa shape index (κ3) is 3.71. The number of hydrogen-bond donors (Lipinski definition) is 1. The van der Waals surface area contributed by atoms with Gasteiger partial charge in [0.25, 0.3) is 0 Å². The van der Waals surface area contributed by atoms with Gasteiger partial charge in [0.05, 0.1) is 18.1 Å². The van der Waals surface area contributed by atoms with Crippen molar-refractivity contribution in [2.45, 2.75) is 44.3 Å². The van der Waals surface area contributed by atoms with Gasteiger partial charge in [0.1, 0.15) is 0 Å². The molecule has 0 radical (unpaired) electrons. The summed E-state index contributed by atoms with van der Waals surface area (Å²) >= 11 is 0. The van der Waals surface area contributed by atoms with E-state index in [1.54, 1.807) is 0 Å². The SMILES string of the molecule is O=C(NCC1CC(=O)N(CCc2ccccc2)C1)C1CC2CCC1O2. The highest BCUT2D eigenvalue weighted by Gasteiger charge is 2.44. The van der Waals surface area contributed by atoms with Crippen molar-refractivity contribution in [1.82, 2.24) is 10.2 Å². The van der Waals surface area contributed by atoms with Crippen molar-refractivity contribution in [2.24, 2.45) is 11.8 Å². The number of nitrogens with one attached hydrogen (secondary N) is 1. The maximum atomic E-state index is 12.4. The zero-order chi connectivity index (χ0) is 17.2. The fourth-order valence-electron chi connectivity index (χ4n) is 4.41. The van der Waals surface area contributed by atoms with Gasteiger partial charge >= 0.3 is 0 Å². The van der Waals surface area contributed by atoms with Gasteiger partial charge in [-0.1, -0.05) is 30.3 Å². The molecule has 2 amide bonds. The summed E-state index contributed by atoms with van der Waals surface area (Å²) in [5.41, 5.74) is 1.25. The normalized spacial score (nSPS) is 30.9. The lowest BCUT2D eigenvalue weighted by atomic mass is 9.88. The molecule has 1 aromatic rings. The standard InChI is InChI=1S/C20H26N2O3/c23-19-10-15(13-22(19)9-8-14-4-2-1-3-5-14)12-21-20(24)17-11-16-6-7-18(17)25-16/h1-5,15-18H,6-13H2,(H,21,24). The van der Waals surface area contributed by atoms with Gasteiger partial charge in [-0.05, 0) is 31.2 Å². The smallest absolute Gasteiger partial charge is 0.225 e. The third-order valence-electron chi connectivity index (χ3n) is 5.82. The van der Waals surface area contributed by atoms with Gasteiger partial charge in [-0.2, -0.15) is 0 Å². The Morgan fingerprint density at radius 3 is 2.80 bits per heavy atom. The van der Waals surface area contributed by atoms with Crippen molar-refractivity contribution in [3.8, 4) is 0 Å². The number of amides is 2. The average molecular weight is 342 g/mol. The fourth-order valence-corrected chi connectivity index (χ4v) is 4.41. The molecule has 0 spiro atoms. The van der Waals surface area contributed by atoms with Crippen LogP contribution in [0.5, 0.6) is 0 Å². The van der Waals surface area contributed by atoms with E-state index in [9.17, 15) is 9.59 Å². The largest absolute Gasteiger partial charge is 0.374 e. The Kier molecular flexibility index (Phi) is 4.75. The van der Waals surface area contributed by atoms with Crippen LogP contribution < -0.4 is 5.32 Å². The molecule has 5 heteroatoms. The molecule has 25 heavy (non-hydrogen) atoms. The molecule has 4 atom stereocenters. The first-order valence-electron chi connectivity index (χ1n) is 9.44. The first kappa shape index (κ1) is 16.6. The number of hydrogen-bond acceptors (Lipinski definition) is 3. The first-order valence-corrected chi connectivity index (χ1v) is 9.44. The van der Waals surface area contributed by atoms with E-state index in [-0.39, 0.29) is 29.8 Å². The quantitative estimate of drug-likeness (QED) is 0.857. The highest BCUT2D eigenvalue weighted by atomic mass is 16.5. The van der Waals surface area contributed by atoms with E-state index in [2.05, 4.69) is 17.4 Å². The van der Waals surface area contributed by atoms with Gasteiger partial charge < -0.3 is 15.0 Å². The molecule has 3 fully saturated rings. The maximum Gasteiger partial charge on any atom is 0.225 e. The lowest BCUT2D eigenvalue weighted by Gasteiger charge is -2.20. The van der Waals surface area contributed by atoms with E-state index in [1.807, 2.05) is 23.1 Å². The molecule has 0 aromatic heterocycles.